The van der Waals surface area contributed by atoms with E-state index < -0.39 is 29.3 Å². The van der Waals surface area contributed by atoms with Crippen LogP contribution in [0.1, 0.15) is 24.0 Å². The first-order chi connectivity index (χ1) is 14.0. The number of hydrogen-bond donors (Lipinski definition) is 1. The van der Waals surface area contributed by atoms with Gasteiger partial charge in [-0.05, 0) is 23.1 Å². The normalized spacial score (nSPS) is 24.9. The van der Waals surface area contributed by atoms with Crippen LogP contribution in [-0.2, 0) is 11.2 Å². The number of ether oxygens (including phenoxy) is 1. The molecular formula is C22H21N5O2. The molecule has 1 amide bonds. The molecule has 29 heavy (non-hydrogen) atoms. The highest BCUT2D eigenvalue weighted by Gasteiger charge is 2.56. The molecule has 2 aliphatic rings. The fraction of sp³-hybridized carbons (Fsp3) is 0.409. The molecule has 7 nitrogen and oxygen atoms in total. The third kappa shape index (κ3) is 3.04. The molecule has 1 aliphatic heterocycles. The van der Waals surface area contributed by atoms with Crippen LogP contribution in [0.15, 0.2) is 35.9 Å². The molecule has 0 saturated heterocycles. The summed E-state index contributed by atoms with van der Waals surface area (Å²) in [6, 6.07) is 14.0. The second-order valence-electron chi connectivity index (χ2n) is 7.26. The van der Waals surface area contributed by atoms with E-state index in [0.29, 0.717) is 5.57 Å². The average Bonchev–Trinajstić information content (AvgIpc) is 2.78. The number of nitrogens with one attached hydrogen (secondary N) is 1. The second-order valence-corrected chi connectivity index (χ2v) is 7.26. The summed E-state index contributed by atoms with van der Waals surface area (Å²) in [7, 11) is 1.30. The summed E-state index contributed by atoms with van der Waals surface area (Å²) in [6.07, 6.45) is 2.04. The Morgan fingerprint density at radius 1 is 1.28 bits per heavy atom. The van der Waals surface area contributed by atoms with Crippen molar-refractivity contribution in [3.8, 4) is 18.2 Å². The van der Waals surface area contributed by atoms with Gasteiger partial charge >= 0.3 is 6.09 Å². The lowest BCUT2D eigenvalue weighted by Crippen LogP contribution is -2.53. The molecule has 0 bridgehead atoms. The third-order valence-corrected chi connectivity index (χ3v) is 5.97. The smallest absolute Gasteiger partial charge is 0.409 e. The molecule has 7 heteroatoms. The van der Waals surface area contributed by atoms with Gasteiger partial charge in [-0.1, -0.05) is 37.3 Å². The SMILES string of the molecule is CCc1ccc([C@H]2C(C#N)C(=N)C(C#N)(C#N)C3=CCN(C(=O)OC)C[C@@H]32)cc1. The molecule has 3 atom stereocenters. The van der Waals surface area contributed by atoms with Crippen molar-refractivity contribution in [2.24, 2.45) is 17.3 Å². The maximum atomic E-state index is 12.1. The lowest BCUT2D eigenvalue weighted by molar-refractivity contribution is 0.115. The van der Waals surface area contributed by atoms with Crippen LogP contribution in [0.4, 0.5) is 4.79 Å². The molecule has 1 aliphatic carbocycles. The number of nitriles is 3. The lowest BCUT2D eigenvalue weighted by atomic mass is 9.55. The molecule has 1 unspecified atom stereocenters. The van der Waals surface area contributed by atoms with Gasteiger partial charge in [-0.2, -0.15) is 15.8 Å². The first-order valence-electron chi connectivity index (χ1n) is 9.40. The number of aryl methyl sites for hydroxylation is 1. The van der Waals surface area contributed by atoms with E-state index >= 15 is 0 Å². The molecule has 1 N–H and O–H groups in total. The maximum Gasteiger partial charge on any atom is 0.409 e. The molecule has 3 rings (SSSR count). The highest BCUT2D eigenvalue weighted by molar-refractivity contribution is 6.01. The van der Waals surface area contributed by atoms with Crippen molar-refractivity contribution in [1.82, 2.24) is 4.90 Å². The van der Waals surface area contributed by atoms with Crippen LogP contribution in [0, 0.1) is 56.7 Å². The largest absolute Gasteiger partial charge is 0.453 e. The zero-order valence-electron chi connectivity index (χ0n) is 16.3. The minimum absolute atomic E-state index is 0.190. The van der Waals surface area contributed by atoms with E-state index in [1.807, 2.05) is 43.3 Å². The van der Waals surface area contributed by atoms with E-state index in [0.717, 1.165) is 17.5 Å². The van der Waals surface area contributed by atoms with Crippen molar-refractivity contribution in [2.45, 2.75) is 19.3 Å². The molecule has 1 fully saturated rings. The van der Waals surface area contributed by atoms with Gasteiger partial charge in [-0.25, -0.2) is 4.79 Å². The molecule has 0 aromatic heterocycles. The van der Waals surface area contributed by atoms with Gasteiger partial charge in [0.15, 0.2) is 0 Å². The summed E-state index contributed by atoms with van der Waals surface area (Å²) in [5.74, 6) is -1.82. The zero-order chi connectivity index (χ0) is 21.2. The molecular weight excluding hydrogens is 366 g/mol. The minimum atomic E-state index is -1.78. The van der Waals surface area contributed by atoms with Gasteiger partial charge in [0.25, 0.3) is 0 Å². The summed E-state index contributed by atoms with van der Waals surface area (Å²) in [5.41, 5.74) is 0.526. The fourth-order valence-electron chi connectivity index (χ4n) is 4.41. The van der Waals surface area contributed by atoms with Gasteiger partial charge in [0, 0.05) is 24.9 Å². The maximum absolute atomic E-state index is 12.1. The van der Waals surface area contributed by atoms with Gasteiger partial charge in [0.1, 0.15) is 0 Å². The summed E-state index contributed by atoms with van der Waals surface area (Å²) in [5, 5.41) is 38.2. The number of carbonyl (C=O) groups is 1. The van der Waals surface area contributed by atoms with Gasteiger partial charge in [-0.15, -0.1) is 0 Å². The van der Waals surface area contributed by atoms with E-state index in [1.165, 1.54) is 12.0 Å². The van der Waals surface area contributed by atoms with Crippen molar-refractivity contribution in [3.63, 3.8) is 0 Å². The minimum Gasteiger partial charge on any atom is -0.453 e. The summed E-state index contributed by atoms with van der Waals surface area (Å²) >= 11 is 0. The predicted octanol–water partition coefficient (Wildman–Crippen LogP) is 3.16. The van der Waals surface area contributed by atoms with Crippen LogP contribution in [-0.4, -0.2) is 36.9 Å². The van der Waals surface area contributed by atoms with Crippen molar-refractivity contribution < 1.29 is 9.53 Å². The topological polar surface area (TPSA) is 125 Å². The summed E-state index contributed by atoms with van der Waals surface area (Å²) in [4.78, 5) is 13.6. The van der Waals surface area contributed by atoms with Crippen LogP contribution in [0.25, 0.3) is 0 Å². The van der Waals surface area contributed by atoms with Gasteiger partial charge in [0.05, 0.1) is 36.9 Å². The van der Waals surface area contributed by atoms with Crippen LogP contribution in [0.5, 0.6) is 0 Å². The number of methoxy groups -OCH3 is 1. The summed E-state index contributed by atoms with van der Waals surface area (Å²) in [6.45, 7) is 2.46. The number of hydrogen-bond acceptors (Lipinski definition) is 6. The molecule has 0 radical (unpaired) electrons. The molecule has 1 heterocycles. The Labute approximate surface area is 169 Å². The first kappa shape index (κ1) is 20.1. The number of nitrogens with zero attached hydrogens (tertiary/aromatic N) is 4. The Hall–Kier alpha value is -3.63. The number of fused-ring (bicyclic) bond motifs is 1. The molecule has 0 spiro atoms. The van der Waals surface area contributed by atoms with Crippen LogP contribution < -0.4 is 0 Å². The van der Waals surface area contributed by atoms with Gasteiger partial charge in [0.2, 0.25) is 5.41 Å². The molecule has 1 aromatic rings. The van der Waals surface area contributed by atoms with Crippen molar-refractivity contribution in [3.05, 3.63) is 47.0 Å². The zero-order valence-corrected chi connectivity index (χ0v) is 16.3. The Morgan fingerprint density at radius 2 is 1.93 bits per heavy atom. The number of amides is 1. The Kier molecular flexibility index (Phi) is 5.39. The number of carbonyl (C=O) groups excluding carboxylic acids is 1. The fourth-order valence-corrected chi connectivity index (χ4v) is 4.41. The van der Waals surface area contributed by atoms with Crippen LogP contribution >= 0.6 is 0 Å². The van der Waals surface area contributed by atoms with E-state index in [-0.39, 0.29) is 18.8 Å². The monoisotopic (exact) mass is 387 g/mol. The van der Waals surface area contributed by atoms with Crippen LogP contribution in [0.3, 0.4) is 0 Å². The van der Waals surface area contributed by atoms with Crippen LogP contribution in [0.2, 0.25) is 0 Å². The van der Waals surface area contributed by atoms with E-state index in [2.05, 4.69) is 6.07 Å². The van der Waals surface area contributed by atoms with E-state index in [9.17, 15) is 20.6 Å². The van der Waals surface area contributed by atoms with Crippen molar-refractivity contribution >= 4 is 11.8 Å². The van der Waals surface area contributed by atoms with Gasteiger partial charge < -0.3 is 15.0 Å². The first-order valence-corrected chi connectivity index (χ1v) is 9.40. The second kappa shape index (κ2) is 7.78. The number of benzene rings is 1. The standard InChI is InChI=1S/C22H21N5O2/c1-3-14-4-6-15(7-5-14)19-16(10-23)20(26)22(12-24,13-25)18-8-9-27(11-17(18)19)21(28)29-2/h4-8,16-17,19,26H,3,9,11H2,1-2H3/t16?,17-,19-/m0/s1. The van der Waals surface area contributed by atoms with Crippen molar-refractivity contribution in [2.75, 3.05) is 20.2 Å². The highest BCUT2D eigenvalue weighted by atomic mass is 16.5. The quantitative estimate of drug-likeness (QED) is 0.780. The average molecular weight is 387 g/mol. The lowest BCUT2D eigenvalue weighted by Gasteiger charge is -2.47. The predicted molar refractivity (Wildman–Crippen MR) is 105 cm³/mol. The third-order valence-electron chi connectivity index (χ3n) is 5.97. The number of rotatable bonds is 2. The Balaban J connectivity index is 2.18. The van der Waals surface area contributed by atoms with E-state index in [1.54, 1.807) is 6.08 Å². The van der Waals surface area contributed by atoms with E-state index in [4.69, 9.17) is 10.1 Å². The molecule has 1 aromatic carbocycles. The van der Waals surface area contributed by atoms with Crippen molar-refractivity contribution in [1.29, 1.82) is 21.2 Å². The Bertz CT molecular complexity index is 976. The highest BCUT2D eigenvalue weighted by Crippen LogP contribution is 2.52. The molecule has 1 saturated carbocycles. The Morgan fingerprint density at radius 3 is 2.45 bits per heavy atom. The summed E-state index contributed by atoms with van der Waals surface area (Å²) < 4.78 is 4.84. The van der Waals surface area contributed by atoms with Gasteiger partial charge in [-0.3, -0.25) is 0 Å². The molecule has 146 valence electrons.